The third kappa shape index (κ3) is 2.48. The van der Waals surface area contributed by atoms with Crippen molar-refractivity contribution in [1.82, 2.24) is 9.97 Å². The van der Waals surface area contributed by atoms with E-state index >= 15 is 0 Å². The van der Waals surface area contributed by atoms with Crippen LogP contribution in [0.3, 0.4) is 0 Å². The number of nitrogens with two attached hydrogens (primary N) is 1. The lowest BCUT2D eigenvalue weighted by Gasteiger charge is -2.35. The number of amidine groups is 1. The van der Waals surface area contributed by atoms with Crippen LogP contribution in [0.25, 0.3) is 0 Å². The second kappa shape index (κ2) is 5.13. The zero-order chi connectivity index (χ0) is 13.1. The lowest BCUT2D eigenvalue weighted by atomic mass is 9.81. The van der Waals surface area contributed by atoms with Gasteiger partial charge in [-0.25, -0.2) is 9.97 Å². The second-order valence-corrected chi connectivity index (χ2v) is 4.24. The van der Waals surface area contributed by atoms with E-state index in [1.165, 1.54) is 0 Å². The van der Waals surface area contributed by atoms with E-state index in [4.69, 9.17) is 16.0 Å². The Balaban J connectivity index is 2.13. The van der Waals surface area contributed by atoms with E-state index in [1.807, 2.05) is 0 Å². The molecule has 0 atom stereocenters. The summed E-state index contributed by atoms with van der Waals surface area (Å²) in [5.74, 6) is -0.553. The SMILES string of the molecule is N/C(=N\O)c1nc(F)cnc1NC1CC(CO)C1. The first kappa shape index (κ1) is 12.5. The van der Waals surface area contributed by atoms with Crippen molar-refractivity contribution >= 4 is 11.7 Å². The molecule has 0 radical (unpaired) electrons. The molecule has 1 aliphatic rings. The molecule has 1 aliphatic carbocycles. The highest BCUT2D eigenvalue weighted by molar-refractivity contribution is 5.99. The van der Waals surface area contributed by atoms with Crippen molar-refractivity contribution in [2.45, 2.75) is 18.9 Å². The molecule has 0 aliphatic heterocycles. The molecule has 5 N–H and O–H groups in total. The molecule has 7 nitrogen and oxygen atoms in total. The summed E-state index contributed by atoms with van der Waals surface area (Å²) >= 11 is 0. The Morgan fingerprint density at radius 2 is 2.33 bits per heavy atom. The van der Waals surface area contributed by atoms with Crippen molar-refractivity contribution in [2.24, 2.45) is 16.8 Å². The first-order chi connectivity index (χ1) is 8.63. The summed E-state index contributed by atoms with van der Waals surface area (Å²) < 4.78 is 13.0. The Hall–Kier alpha value is -1.96. The van der Waals surface area contributed by atoms with Crippen LogP contribution in [0.4, 0.5) is 10.2 Å². The monoisotopic (exact) mass is 255 g/mol. The van der Waals surface area contributed by atoms with E-state index in [2.05, 4.69) is 20.4 Å². The number of hydrogen-bond acceptors (Lipinski definition) is 6. The van der Waals surface area contributed by atoms with Crippen LogP contribution in [-0.2, 0) is 0 Å². The Morgan fingerprint density at radius 1 is 1.61 bits per heavy atom. The molecule has 0 saturated heterocycles. The molecule has 0 unspecified atom stereocenters. The molecule has 1 aromatic rings. The van der Waals surface area contributed by atoms with Gasteiger partial charge in [-0.3, -0.25) is 0 Å². The zero-order valence-electron chi connectivity index (χ0n) is 9.54. The molecule has 1 fully saturated rings. The summed E-state index contributed by atoms with van der Waals surface area (Å²) in [4.78, 5) is 7.37. The highest BCUT2D eigenvalue weighted by atomic mass is 19.1. The molecule has 0 aromatic carbocycles. The maximum atomic E-state index is 13.0. The Kier molecular flexibility index (Phi) is 3.56. The molecule has 8 heteroatoms. The van der Waals surface area contributed by atoms with Gasteiger partial charge in [0.15, 0.2) is 17.3 Å². The molecule has 98 valence electrons. The van der Waals surface area contributed by atoms with E-state index in [1.54, 1.807) is 0 Å². The number of anilines is 1. The highest BCUT2D eigenvalue weighted by Crippen LogP contribution is 2.29. The fourth-order valence-corrected chi connectivity index (χ4v) is 1.90. The van der Waals surface area contributed by atoms with Crippen molar-refractivity contribution < 1.29 is 14.7 Å². The molecule has 0 spiro atoms. The number of halogens is 1. The Bertz CT molecular complexity index is 462. The van der Waals surface area contributed by atoms with Gasteiger partial charge in [-0.2, -0.15) is 4.39 Å². The van der Waals surface area contributed by atoms with Crippen LogP contribution in [0.1, 0.15) is 18.5 Å². The van der Waals surface area contributed by atoms with Gasteiger partial charge in [0.25, 0.3) is 0 Å². The van der Waals surface area contributed by atoms with Gasteiger partial charge in [0.1, 0.15) is 0 Å². The van der Waals surface area contributed by atoms with Gasteiger partial charge in [-0.15, -0.1) is 0 Å². The maximum Gasteiger partial charge on any atom is 0.232 e. The predicted molar refractivity (Wildman–Crippen MR) is 61.7 cm³/mol. The number of aliphatic hydroxyl groups is 1. The molecule has 1 saturated carbocycles. The van der Waals surface area contributed by atoms with E-state index in [-0.39, 0.29) is 35.9 Å². The fraction of sp³-hybridized carbons (Fsp3) is 0.500. The number of aromatic nitrogens is 2. The van der Waals surface area contributed by atoms with Crippen LogP contribution in [-0.4, -0.2) is 38.8 Å². The number of rotatable bonds is 4. The summed E-state index contributed by atoms with van der Waals surface area (Å²) in [5, 5.41) is 23.3. The molecule has 0 bridgehead atoms. The zero-order valence-corrected chi connectivity index (χ0v) is 9.54. The van der Waals surface area contributed by atoms with Crippen LogP contribution < -0.4 is 11.1 Å². The summed E-state index contributed by atoms with van der Waals surface area (Å²) in [7, 11) is 0. The number of aliphatic hydroxyl groups excluding tert-OH is 1. The van der Waals surface area contributed by atoms with Crippen molar-refractivity contribution in [3.63, 3.8) is 0 Å². The molecular weight excluding hydrogens is 241 g/mol. The fourth-order valence-electron chi connectivity index (χ4n) is 1.90. The lowest BCUT2D eigenvalue weighted by molar-refractivity contribution is 0.151. The van der Waals surface area contributed by atoms with E-state index in [9.17, 15) is 4.39 Å². The molecule has 18 heavy (non-hydrogen) atoms. The van der Waals surface area contributed by atoms with Crippen molar-refractivity contribution in [3.05, 3.63) is 17.8 Å². The van der Waals surface area contributed by atoms with Crippen molar-refractivity contribution in [1.29, 1.82) is 0 Å². The Morgan fingerprint density at radius 3 is 2.94 bits per heavy atom. The Labute approximate surface area is 103 Å². The minimum absolute atomic E-state index is 0.0232. The van der Waals surface area contributed by atoms with Gasteiger partial charge < -0.3 is 21.4 Å². The summed E-state index contributed by atoms with van der Waals surface area (Å²) in [6, 6.07) is 0.132. The third-order valence-corrected chi connectivity index (χ3v) is 2.93. The molecule has 0 amide bonds. The van der Waals surface area contributed by atoms with Crippen LogP contribution in [0.5, 0.6) is 0 Å². The normalized spacial score (nSPS) is 23.6. The number of nitrogens with zero attached hydrogens (tertiary/aromatic N) is 3. The van der Waals surface area contributed by atoms with Gasteiger partial charge >= 0.3 is 0 Å². The van der Waals surface area contributed by atoms with Crippen LogP contribution in [0, 0.1) is 11.9 Å². The number of hydrogen-bond donors (Lipinski definition) is 4. The first-order valence-electron chi connectivity index (χ1n) is 5.52. The second-order valence-electron chi connectivity index (χ2n) is 4.24. The summed E-state index contributed by atoms with van der Waals surface area (Å²) in [5.41, 5.74) is 5.38. The van der Waals surface area contributed by atoms with E-state index in [0.29, 0.717) is 0 Å². The van der Waals surface area contributed by atoms with Crippen molar-refractivity contribution in [2.75, 3.05) is 11.9 Å². The minimum atomic E-state index is -0.802. The average Bonchev–Trinajstić information content (AvgIpc) is 2.33. The molecule has 1 heterocycles. The first-order valence-corrected chi connectivity index (χ1v) is 5.52. The third-order valence-electron chi connectivity index (χ3n) is 2.93. The smallest absolute Gasteiger partial charge is 0.232 e. The number of oxime groups is 1. The van der Waals surface area contributed by atoms with E-state index < -0.39 is 5.95 Å². The molecule has 1 aromatic heterocycles. The van der Waals surface area contributed by atoms with Crippen LogP contribution in [0.15, 0.2) is 11.4 Å². The standard InChI is InChI=1S/C10H14FN5O2/c11-7-3-13-10(8(15-7)9(12)16-18)14-6-1-5(2-6)4-17/h3,5-6,17-18H,1-2,4H2,(H2,12,16)(H,13,14). The predicted octanol–water partition coefficient (Wildman–Crippen LogP) is -0.107. The quantitative estimate of drug-likeness (QED) is 0.258. The van der Waals surface area contributed by atoms with Gasteiger partial charge in [0, 0.05) is 12.6 Å². The van der Waals surface area contributed by atoms with Gasteiger partial charge in [-0.1, -0.05) is 5.16 Å². The van der Waals surface area contributed by atoms with Gasteiger partial charge in [-0.05, 0) is 18.8 Å². The largest absolute Gasteiger partial charge is 0.409 e. The average molecular weight is 255 g/mol. The maximum absolute atomic E-state index is 13.0. The lowest BCUT2D eigenvalue weighted by Crippen LogP contribution is -2.38. The minimum Gasteiger partial charge on any atom is -0.409 e. The van der Waals surface area contributed by atoms with Crippen molar-refractivity contribution in [3.8, 4) is 0 Å². The molecule has 2 rings (SSSR count). The van der Waals surface area contributed by atoms with Gasteiger partial charge in [0.2, 0.25) is 5.95 Å². The molecular formula is C10H14FN5O2. The van der Waals surface area contributed by atoms with E-state index in [0.717, 1.165) is 19.0 Å². The topological polar surface area (TPSA) is 117 Å². The number of nitrogens with one attached hydrogen (secondary N) is 1. The summed E-state index contributed by atoms with van der Waals surface area (Å²) in [6.07, 6.45) is 2.55. The summed E-state index contributed by atoms with van der Waals surface area (Å²) in [6.45, 7) is 0.153. The van der Waals surface area contributed by atoms with Crippen LogP contribution >= 0.6 is 0 Å². The highest BCUT2D eigenvalue weighted by Gasteiger charge is 2.29. The van der Waals surface area contributed by atoms with Crippen LogP contribution in [0.2, 0.25) is 0 Å². The van der Waals surface area contributed by atoms with Gasteiger partial charge in [0.05, 0.1) is 6.20 Å².